The number of para-hydroxylation sites is 1. The minimum atomic E-state index is 0.143. The number of carbonyl (C=O) groups is 1. The van der Waals surface area contributed by atoms with Gasteiger partial charge >= 0.3 is 0 Å². The maximum Gasteiger partial charge on any atom is 0.189 e. The summed E-state index contributed by atoms with van der Waals surface area (Å²) in [6, 6.07) is 42.1. The van der Waals surface area contributed by atoms with Crippen LogP contribution in [-0.2, 0) is 6.42 Å². The Labute approximate surface area is 219 Å². The molecular weight excluding hydrogens is 470 g/mol. The van der Waals surface area contributed by atoms with E-state index < -0.39 is 0 Å². The first-order valence-electron chi connectivity index (χ1n) is 12.4. The van der Waals surface area contributed by atoms with Gasteiger partial charge in [-0.1, -0.05) is 91.0 Å². The minimum absolute atomic E-state index is 0.143. The number of hydrogen-bond acceptors (Lipinski definition) is 3. The fourth-order valence-corrected chi connectivity index (χ4v) is 6.39. The molecule has 37 heavy (non-hydrogen) atoms. The minimum Gasteiger partial charge on any atom is -0.301 e. The third kappa shape index (κ3) is 3.76. The van der Waals surface area contributed by atoms with Gasteiger partial charge in [0, 0.05) is 33.5 Å². The molecule has 0 saturated heterocycles. The topological polar surface area (TPSA) is 20.3 Å². The molecule has 0 fully saturated rings. The Kier molecular flexibility index (Phi) is 5.23. The summed E-state index contributed by atoms with van der Waals surface area (Å²) in [5.41, 5.74) is 5.09. The van der Waals surface area contributed by atoms with Crippen LogP contribution in [0.5, 0.6) is 0 Å². The van der Waals surface area contributed by atoms with Crippen molar-refractivity contribution in [1.29, 1.82) is 0 Å². The lowest BCUT2D eigenvalue weighted by Gasteiger charge is -2.25. The highest BCUT2D eigenvalue weighted by molar-refractivity contribution is 7.17. The SMILES string of the molecule is O=C1/C(=C/c2ccc(N(c3ccccc3)c3cccc4ccccc34)s2)Cc2c1ccc1ccccc21. The average molecular weight is 494 g/mol. The van der Waals surface area contributed by atoms with E-state index in [1.54, 1.807) is 11.3 Å². The van der Waals surface area contributed by atoms with Crippen LogP contribution in [-0.4, -0.2) is 5.78 Å². The average Bonchev–Trinajstić information content (AvgIpc) is 3.54. The van der Waals surface area contributed by atoms with Gasteiger partial charge < -0.3 is 4.90 Å². The number of benzene rings is 5. The third-order valence-electron chi connectivity index (χ3n) is 7.12. The van der Waals surface area contributed by atoms with Gasteiger partial charge in [0.15, 0.2) is 5.78 Å². The van der Waals surface area contributed by atoms with E-state index in [-0.39, 0.29) is 5.78 Å². The van der Waals surface area contributed by atoms with Crippen LogP contribution in [0, 0.1) is 0 Å². The second kappa shape index (κ2) is 8.88. The van der Waals surface area contributed by atoms with E-state index in [9.17, 15) is 4.79 Å². The Morgan fingerprint density at radius 1 is 0.649 bits per heavy atom. The molecule has 1 aliphatic carbocycles. The maximum atomic E-state index is 13.3. The van der Waals surface area contributed by atoms with Crippen molar-refractivity contribution < 1.29 is 4.79 Å². The quantitative estimate of drug-likeness (QED) is 0.228. The van der Waals surface area contributed by atoms with Crippen molar-refractivity contribution in [2.75, 3.05) is 4.90 Å². The van der Waals surface area contributed by atoms with Gasteiger partial charge in [-0.2, -0.15) is 0 Å². The highest BCUT2D eigenvalue weighted by atomic mass is 32.1. The highest BCUT2D eigenvalue weighted by Gasteiger charge is 2.26. The summed E-state index contributed by atoms with van der Waals surface area (Å²) >= 11 is 1.71. The van der Waals surface area contributed by atoms with Crippen LogP contribution in [0.4, 0.5) is 16.4 Å². The molecule has 1 aliphatic rings. The molecule has 0 bridgehead atoms. The molecule has 6 aromatic rings. The van der Waals surface area contributed by atoms with Gasteiger partial charge in [-0.3, -0.25) is 4.79 Å². The molecule has 0 unspecified atom stereocenters. The van der Waals surface area contributed by atoms with Gasteiger partial charge in [-0.05, 0) is 58.1 Å². The van der Waals surface area contributed by atoms with Gasteiger partial charge in [0.05, 0.1) is 5.69 Å². The lowest BCUT2D eigenvalue weighted by atomic mass is 10.0. The van der Waals surface area contributed by atoms with Crippen LogP contribution in [0.25, 0.3) is 27.6 Å². The van der Waals surface area contributed by atoms with E-state index in [1.807, 2.05) is 24.3 Å². The molecule has 0 N–H and O–H groups in total. The molecule has 0 aliphatic heterocycles. The standard InChI is InChI=1S/C34H23NOS/c36-34-25(22-31-28-14-6-4-10-24(28)17-19-30(31)34)21-27-18-20-33(37-27)35(26-12-2-1-3-13-26)32-16-8-11-23-9-5-7-15-29(23)32/h1-21H,22H2/b25-21+. The predicted molar refractivity (Wildman–Crippen MR) is 156 cm³/mol. The maximum absolute atomic E-state index is 13.3. The van der Waals surface area contributed by atoms with Crippen molar-refractivity contribution >= 4 is 61.1 Å². The lowest BCUT2D eigenvalue weighted by molar-refractivity contribution is 0.104. The zero-order valence-electron chi connectivity index (χ0n) is 20.1. The van der Waals surface area contributed by atoms with E-state index in [4.69, 9.17) is 0 Å². The molecule has 5 aromatic carbocycles. The first kappa shape index (κ1) is 21.8. The van der Waals surface area contributed by atoms with Crippen LogP contribution in [0.3, 0.4) is 0 Å². The zero-order valence-corrected chi connectivity index (χ0v) is 20.9. The zero-order chi connectivity index (χ0) is 24.8. The molecule has 3 heteroatoms. The molecule has 2 nitrogen and oxygen atoms in total. The number of carbonyl (C=O) groups excluding carboxylic acids is 1. The summed E-state index contributed by atoms with van der Waals surface area (Å²) in [5, 5.41) is 5.89. The van der Waals surface area contributed by atoms with E-state index >= 15 is 0 Å². The number of allylic oxidation sites excluding steroid dienone is 1. The second-order valence-electron chi connectivity index (χ2n) is 9.33. The van der Waals surface area contributed by atoms with Crippen LogP contribution < -0.4 is 4.90 Å². The van der Waals surface area contributed by atoms with E-state index in [1.165, 1.54) is 21.5 Å². The van der Waals surface area contributed by atoms with Crippen molar-refractivity contribution in [1.82, 2.24) is 0 Å². The number of thiophene rings is 1. The molecule has 0 radical (unpaired) electrons. The van der Waals surface area contributed by atoms with E-state index in [0.717, 1.165) is 38.0 Å². The Morgan fingerprint density at radius 3 is 2.19 bits per heavy atom. The number of ketones is 1. The molecule has 0 amide bonds. The lowest BCUT2D eigenvalue weighted by Crippen LogP contribution is -2.08. The molecule has 7 rings (SSSR count). The van der Waals surface area contributed by atoms with Crippen LogP contribution in [0.1, 0.15) is 20.8 Å². The van der Waals surface area contributed by atoms with Gasteiger partial charge in [0.25, 0.3) is 0 Å². The van der Waals surface area contributed by atoms with Gasteiger partial charge in [0.1, 0.15) is 5.00 Å². The number of Topliss-reactive ketones (excluding diaryl/α,β-unsaturated/α-hetero) is 1. The summed E-state index contributed by atoms with van der Waals surface area (Å²) in [6.45, 7) is 0. The van der Waals surface area contributed by atoms with Crippen LogP contribution in [0.2, 0.25) is 0 Å². The number of rotatable bonds is 4. The first-order valence-corrected chi connectivity index (χ1v) is 13.3. The number of anilines is 3. The molecule has 1 heterocycles. The molecule has 1 aromatic heterocycles. The highest BCUT2D eigenvalue weighted by Crippen LogP contribution is 2.43. The van der Waals surface area contributed by atoms with Crippen molar-refractivity contribution in [3.63, 3.8) is 0 Å². The first-order chi connectivity index (χ1) is 18.3. The van der Waals surface area contributed by atoms with Crippen LogP contribution in [0.15, 0.2) is 127 Å². The Bertz CT molecular complexity index is 1820. The number of fused-ring (bicyclic) bond motifs is 4. The third-order valence-corrected chi connectivity index (χ3v) is 8.13. The Balaban J connectivity index is 1.30. The fourth-order valence-electron chi connectivity index (χ4n) is 5.38. The number of hydrogen-bond donors (Lipinski definition) is 0. The van der Waals surface area contributed by atoms with Gasteiger partial charge in [-0.25, -0.2) is 0 Å². The van der Waals surface area contributed by atoms with E-state index in [0.29, 0.717) is 6.42 Å². The van der Waals surface area contributed by atoms with Crippen molar-refractivity contribution in [3.8, 4) is 0 Å². The molecular formula is C34H23NOS. The monoisotopic (exact) mass is 493 g/mol. The Hall–Kier alpha value is -4.47. The van der Waals surface area contributed by atoms with Gasteiger partial charge in [0.2, 0.25) is 0 Å². The summed E-state index contributed by atoms with van der Waals surface area (Å²) in [5.74, 6) is 0.143. The molecule has 0 atom stereocenters. The predicted octanol–water partition coefficient (Wildman–Crippen LogP) is 9.35. The molecule has 176 valence electrons. The molecule has 0 spiro atoms. The molecule has 0 saturated carbocycles. The summed E-state index contributed by atoms with van der Waals surface area (Å²) < 4.78 is 0. The summed E-state index contributed by atoms with van der Waals surface area (Å²) in [6.07, 6.45) is 2.76. The van der Waals surface area contributed by atoms with Crippen molar-refractivity contribution in [2.24, 2.45) is 0 Å². The van der Waals surface area contributed by atoms with Gasteiger partial charge in [-0.15, -0.1) is 11.3 Å². The normalized spacial score (nSPS) is 13.9. The number of nitrogens with zero attached hydrogens (tertiary/aromatic N) is 1. The largest absolute Gasteiger partial charge is 0.301 e. The fraction of sp³-hybridized carbons (Fsp3) is 0.0294. The second-order valence-corrected chi connectivity index (χ2v) is 10.4. The Morgan fingerprint density at radius 2 is 1.35 bits per heavy atom. The van der Waals surface area contributed by atoms with Crippen molar-refractivity contribution in [2.45, 2.75) is 6.42 Å². The van der Waals surface area contributed by atoms with Crippen LogP contribution >= 0.6 is 11.3 Å². The summed E-state index contributed by atoms with van der Waals surface area (Å²) in [7, 11) is 0. The smallest absolute Gasteiger partial charge is 0.189 e. The van der Waals surface area contributed by atoms with Crippen molar-refractivity contribution in [3.05, 3.63) is 143 Å². The van der Waals surface area contributed by atoms with E-state index in [2.05, 4.69) is 108 Å². The summed E-state index contributed by atoms with van der Waals surface area (Å²) in [4.78, 5) is 16.7.